The Kier molecular flexibility index (Phi) is 7.26. The number of nitrogens with zero attached hydrogens (tertiary/aromatic N) is 2. The van der Waals surface area contributed by atoms with Gasteiger partial charge in [0.25, 0.3) is 5.91 Å². The third-order valence-corrected chi connectivity index (χ3v) is 5.81. The second kappa shape index (κ2) is 10.7. The molecule has 4 rings (SSSR count). The summed E-state index contributed by atoms with van der Waals surface area (Å²) < 4.78 is 12.3. The molecule has 1 heterocycles. The number of carbonyl (C=O) groups excluding carboxylic acids is 2. The molecular weight excluding hydrogens is 438 g/mol. The standard InChI is InChI=1S/C25H23N3O4S/c1-31-20-13-11-19(12-14-20)26-23(29)16-32-24(30)17-33-25-27-21-9-5-6-10-22(21)28(25)15-18-7-3-2-4-8-18/h2-14H,15-17H2,1H3,(H,26,29). The molecule has 0 saturated carbocycles. The third-order valence-electron chi connectivity index (χ3n) is 4.86. The average Bonchev–Trinajstić information content (AvgIpc) is 3.20. The number of thioether (sulfide) groups is 1. The predicted octanol–water partition coefficient (Wildman–Crippen LogP) is 4.37. The zero-order chi connectivity index (χ0) is 23.0. The maximum atomic E-state index is 12.3. The van der Waals surface area contributed by atoms with Crippen molar-refractivity contribution in [2.24, 2.45) is 0 Å². The Balaban J connectivity index is 1.34. The molecule has 0 aliphatic rings. The number of anilines is 1. The van der Waals surface area contributed by atoms with Crippen LogP contribution in [0.5, 0.6) is 5.75 Å². The molecule has 0 saturated heterocycles. The van der Waals surface area contributed by atoms with Crippen LogP contribution in [0.1, 0.15) is 5.56 Å². The molecule has 0 spiro atoms. The molecule has 4 aromatic rings. The van der Waals surface area contributed by atoms with Crippen molar-refractivity contribution in [3.8, 4) is 5.75 Å². The highest BCUT2D eigenvalue weighted by Gasteiger charge is 2.15. The lowest BCUT2D eigenvalue weighted by Crippen LogP contribution is -2.21. The molecule has 3 aromatic carbocycles. The molecular formula is C25H23N3O4S. The Morgan fingerprint density at radius 2 is 1.70 bits per heavy atom. The smallest absolute Gasteiger partial charge is 0.316 e. The highest BCUT2D eigenvalue weighted by atomic mass is 32.2. The molecule has 1 amide bonds. The van der Waals surface area contributed by atoms with E-state index < -0.39 is 11.9 Å². The van der Waals surface area contributed by atoms with Crippen molar-refractivity contribution in [3.05, 3.63) is 84.4 Å². The normalized spacial score (nSPS) is 10.7. The van der Waals surface area contributed by atoms with Crippen LogP contribution in [0.2, 0.25) is 0 Å². The van der Waals surface area contributed by atoms with Gasteiger partial charge in [-0.25, -0.2) is 4.98 Å². The van der Waals surface area contributed by atoms with Gasteiger partial charge in [0.1, 0.15) is 5.75 Å². The lowest BCUT2D eigenvalue weighted by Gasteiger charge is -2.09. The second-order valence-electron chi connectivity index (χ2n) is 7.18. The summed E-state index contributed by atoms with van der Waals surface area (Å²) in [5.41, 5.74) is 3.60. The number of benzene rings is 3. The van der Waals surface area contributed by atoms with E-state index in [1.165, 1.54) is 11.8 Å². The number of ether oxygens (including phenoxy) is 2. The van der Waals surface area contributed by atoms with Crippen LogP contribution in [0.15, 0.2) is 84.0 Å². The van der Waals surface area contributed by atoms with Crippen LogP contribution in [0, 0.1) is 0 Å². The van der Waals surface area contributed by atoms with Gasteiger partial charge in [0.05, 0.1) is 30.4 Å². The molecule has 0 unspecified atom stereocenters. The Hall–Kier alpha value is -3.78. The Bertz CT molecular complexity index is 1240. The summed E-state index contributed by atoms with van der Waals surface area (Å²) in [4.78, 5) is 29.0. The largest absolute Gasteiger partial charge is 0.497 e. The van der Waals surface area contributed by atoms with Crippen LogP contribution >= 0.6 is 11.8 Å². The van der Waals surface area contributed by atoms with E-state index in [2.05, 4.69) is 27.0 Å². The minimum Gasteiger partial charge on any atom is -0.497 e. The van der Waals surface area contributed by atoms with E-state index in [9.17, 15) is 9.59 Å². The molecule has 168 valence electrons. The molecule has 1 aromatic heterocycles. The SMILES string of the molecule is COc1ccc(NC(=O)COC(=O)CSc2nc3ccccc3n2Cc2ccccc2)cc1. The molecule has 0 fully saturated rings. The number of carbonyl (C=O) groups is 2. The van der Waals surface area contributed by atoms with Gasteiger partial charge in [0.2, 0.25) is 0 Å². The first-order valence-electron chi connectivity index (χ1n) is 10.3. The van der Waals surface area contributed by atoms with Gasteiger partial charge in [-0.15, -0.1) is 0 Å². The van der Waals surface area contributed by atoms with Gasteiger partial charge in [-0.2, -0.15) is 0 Å². The van der Waals surface area contributed by atoms with Gasteiger partial charge in [-0.1, -0.05) is 54.2 Å². The predicted molar refractivity (Wildman–Crippen MR) is 129 cm³/mol. The van der Waals surface area contributed by atoms with Crippen LogP contribution in [-0.2, 0) is 20.9 Å². The zero-order valence-corrected chi connectivity index (χ0v) is 18.9. The number of hydrogen-bond acceptors (Lipinski definition) is 6. The number of aromatic nitrogens is 2. The van der Waals surface area contributed by atoms with Crippen LogP contribution in [0.4, 0.5) is 5.69 Å². The monoisotopic (exact) mass is 461 g/mol. The zero-order valence-electron chi connectivity index (χ0n) is 18.1. The minimum absolute atomic E-state index is 0.0495. The van der Waals surface area contributed by atoms with Crippen molar-refractivity contribution in [1.29, 1.82) is 0 Å². The summed E-state index contributed by atoms with van der Waals surface area (Å²) in [5.74, 6) is -0.152. The summed E-state index contributed by atoms with van der Waals surface area (Å²) in [6.45, 7) is 0.287. The molecule has 0 bridgehead atoms. The van der Waals surface area contributed by atoms with Crippen LogP contribution in [-0.4, -0.2) is 40.9 Å². The maximum absolute atomic E-state index is 12.3. The Morgan fingerprint density at radius 3 is 2.45 bits per heavy atom. The lowest BCUT2D eigenvalue weighted by molar-refractivity contribution is -0.144. The highest BCUT2D eigenvalue weighted by molar-refractivity contribution is 7.99. The van der Waals surface area contributed by atoms with Crippen LogP contribution in [0.3, 0.4) is 0 Å². The average molecular weight is 462 g/mol. The first kappa shape index (κ1) is 22.4. The van der Waals surface area contributed by atoms with Gasteiger partial charge >= 0.3 is 5.97 Å². The molecule has 33 heavy (non-hydrogen) atoms. The van der Waals surface area contributed by atoms with Crippen molar-refractivity contribution in [3.63, 3.8) is 0 Å². The Morgan fingerprint density at radius 1 is 0.970 bits per heavy atom. The topological polar surface area (TPSA) is 82.4 Å². The van der Waals surface area contributed by atoms with Crippen LogP contribution in [0.25, 0.3) is 11.0 Å². The molecule has 0 aliphatic heterocycles. The first-order chi connectivity index (χ1) is 16.1. The number of fused-ring (bicyclic) bond motifs is 1. The fraction of sp³-hybridized carbons (Fsp3) is 0.160. The van der Waals surface area contributed by atoms with E-state index >= 15 is 0 Å². The Labute approximate surface area is 195 Å². The highest BCUT2D eigenvalue weighted by Crippen LogP contribution is 2.25. The molecule has 1 N–H and O–H groups in total. The number of esters is 1. The molecule has 7 nitrogen and oxygen atoms in total. The number of amides is 1. The number of nitrogens with one attached hydrogen (secondary N) is 1. The summed E-state index contributed by atoms with van der Waals surface area (Å²) in [5, 5.41) is 3.40. The fourth-order valence-corrected chi connectivity index (χ4v) is 4.08. The molecule has 0 aliphatic carbocycles. The van der Waals surface area contributed by atoms with E-state index in [0.717, 1.165) is 21.8 Å². The number of hydrogen-bond donors (Lipinski definition) is 1. The number of rotatable bonds is 9. The number of para-hydroxylation sites is 2. The van der Waals surface area contributed by atoms with E-state index in [4.69, 9.17) is 9.47 Å². The summed E-state index contributed by atoms with van der Waals surface area (Å²) >= 11 is 1.29. The van der Waals surface area contributed by atoms with Gasteiger partial charge in [-0.05, 0) is 42.0 Å². The van der Waals surface area contributed by atoms with Gasteiger partial charge in [0, 0.05) is 5.69 Å². The minimum atomic E-state index is -0.483. The number of methoxy groups -OCH3 is 1. The summed E-state index contributed by atoms with van der Waals surface area (Å²) in [7, 11) is 1.57. The van der Waals surface area contributed by atoms with Crippen LogP contribution < -0.4 is 10.1 Å². The lowest BCUT2D eigenvalue weighted by atomic mass is 10.2. The van der Waals surface area contributed by atoms with Crippen molar-refractivity contribution >= 4 is 40.4 Å². The second-order valence-corrected chi connectivity index (χ2v) is 8.12. The fourth-order valence-electron chi connectivity index (χ4n) is 3.26. The molecule has 0 atom stereocenters. The molecule has 0 radical (unpaired) electrons. The van der Waals surface area contributed by atoms with Gasteiger partial charge < -0.3 is 19.4 Å². The third kappa shape index (κ3) is 5.93. The first-order valence-corrected chi connectivity index (χ1v) is 11.3. The number of imidazole rings is 1. The van der Waals surface area contributed by atoms with Crippen molar-refractivity contribution in [1.82, 2.24) is 9.55 Å². The maximum Gasteiger partial charge on any atom is 0.316 e. The summed E-state index contributed by atoms with van der Waals surface area (Å²) in [6, 6.07) is 24.8. The van der Waals surface area contributed by atoms with Crippen molar-refractivity contribution in [2.75, 3.05) is 24.8 Å². The van der Waals surface area contributed by atoms with E-state index in [-0.39, 0.29) is 12.4 Å². The molecule has 8 heteroatoms. The quantitative estimate of drug-likeness (QED) is 0.294. The van der Waals surface area contributed by atoms with Crippen molar-refractivity contribution < 1.29 is 19.1 Å². The van der Waals surface area contributed by atoms with Crippen molar-refractivity contribution in [2.45, 2.75) is 11.7 Å². The van der Waals surface area contributed by atoms with Gasteiger partial charge in [0.15, 0.2) is 11.8 Å². The van der Waals surface area contributed by atoms with E-state index in [1.807, 2.05) is 42.5 Å². The van der Waals surface area contributed by atoms with E-state index in [0.29, 0.717) is 18.0 Å². The van der Waals surface area contributed by atoms with E-state index in [1.54, 1.807) is 31.4 Å². The van der Waals surface area contributed by atoms with Gasteiger partial charge in [-0.3, -0.25) is 9.59 Å². The summed E-state index contributed by atoms with van der Waals surface area (Å²) in [6.07, 6.45) is 0.